The summed E-state index contributed by atoms with van der Waals surface area (Å²) in [4.78, 5) is 0. The minimum absolute atomic E-state index is 0.0360. The van der Waals surface area contributed by atoms with Gasteiger partial charge in [0.1, 0.15) is 18.5 Å². The first-order chi connectivity index (χ1) is 9.43. The van der Waals surface area contributed by atoms with Gasteiger partial charge in [0.25, 0.3) is 0 Å². The van der Waals surface area contributed by atoms with Gasteiger partial charge in [-0.1, -0.05) is 37.0 Å². The summed E-state index contributed by atoms with van der Waals surface area (Å²) in [5, 5.41) is 23.1. The molecular formula is C14H21Cl2NO3. The molecule has 1 aromatic rings. The Bertz CT molecular complexity index is 415. The third kappa shape index (κ3) is 5.85. The van der Waals surface area contributed by atoms with Gasteiger partial charge in [-0.25, -0.2) is 0 Å². The fourth-order valence-corrected chi connectivity index (χ4v) is 2.10. The molecule has 0 spiro atoms. The number of nitrogens with one attached hydrogen (secondary N) is 1. The van der Waals surface area contributed by atoms with Crippen LogP contribution in [0.25, 0.3) is 0 Å². The van der Waals surface area contributed by atoms with E-state index in [1.54, 1.807) is 18.2 Å². The van der Waals surface area contributed by atoms with E-state index < -0.39 is 6.10 Å². The van der Waals surface area contributed by atoms with E-state index >= 15 is 0 Å². The molecule has 0 aliphatic carbocycles. The third-order valence-corrected chi connectivity index (χ3v) is 3.47. The first kappa shape index (κ1) is 17.5. The van der Waals surface area contributed by atoms with Crippen LogP contribution in [0, 0.1) is 5.92 Å². The lowest BCUT2D eigenvalue weighted by molar-refractivity contribution is 0.0962. The van der Waals surface area contributed by atoms with E-state index in [4.69, 9.17) is 27.9 Å². The van der Waals surface area contributed by atoms with Crippen LogP contribution in [0.15, 0.2) is 18.2 Å². The van der Waals surface area contributed by atoms with E-state index in [9.17, 15) is 10.2 Å². The van der Waals surface area contributed by atoms with Crippen LogP contribution in [0.1, 0.15) is 13.8 Å². The van der Waals surface area contributed by atoms with Crippen LogP contribution in [-0.4, -0.2) is 42.1 Å². The quantitative estimate of drug-likeness (QED) is 0.687. The van der Waals surface area contributed by atoms with Crippen molar-refractivity contribution in [1.82, 2.24) is 5.32 Å². The molecule has 114 valence electrons. The zero-order valence-corrected chi connectivity index (χ0v) is 13.2. The Morgan fingerprint density at radius 1 is 1.30 bits per heavy atom. The van der Waals surface area contributed by atoms with Gasteiger partial charge in [0, 0.05) is 17.6 Å². The molecule has 0 heterocycles. The average Bonchev–Trinajstić information content (AvgIpc) is 2.38. The first-order valence-electron chi connectivity index (χ1n) is 6.54. The van der Waals surface area contributed by atoms with Crippen molar-refractivity contribution in [1.29, 1.82) is 0 Å². The van der Waals surface area contributed by atoms with Crippen molar-refractivity contribution in [3.05, 3.63) is 28.2 Å². The largest absolute Gasteiger partial charge is 0.489 e. The maximum atomic E-state index is 9.84. The Morgan fingerprint density at radius 3 is 2.55 bits per heavy atom. The summed E-state index contributed by atoms with van der Waals surface area (Å²) < 4.78 is 5.44. The van der Waals surface area contributed by atoms with Gasteiger partial charge < -0.3 is 20.3 Å². The number of rotatable bonds is 8. The summed E-state index contributed by atoms with van der Waals surface area (Å²) in [6, 6.07) is 4.89. The van der Waals surface area contributed by atoms with Gasteiger partial charge in [-0.2, -0.15) is 0 Å². The van der Waals surface area contributed by atoms with Crippen LogP contribution >= 0.6 is 23.2 Å². The Morgan fingerprint density at radius 2 is 2.00 bits per heavy atom. The minimum Gasteiger partial charge on any atom is -0.489 e. The number of benzene rings is 1. The lowest BCUT2D eigenvalue weighted by atomic mass is 10.1. The highest BCUT2D eigenvalue weighted by molar-refractivity contribution is 6.35. The monoisotopic (exact) mass is 321 g/mol. The van der Waals surface area contributed by atoms with Gasteiger partial charge in [0.15, 0.2) is 0 Å². The fourth-order valence-electron chi connectivity index (χ4n) is 1.64. The van der Waals surface area contributed by atoms with Crippen molar-refractivity contribution in [3.63, 3.8) is 0 Å². The van der Waals surface area contributed by atoms with Crippen LogP contribution in [0.5, 0.6) is 5.75 Å². The minimum atomic E-state index is -0.686. The molecule has 0 amide bonds. The number of halogens is 2. The van der Waals surface area contributed by atoms with Gasteiger partial charge in [0.05, 0.1) is 11.6 Å². The summed E-state index contributed by atoms with van der Waals surface area (Å²) in [7, 11) is 0. The van der Waals surface area contributed by atoms with Gasteiger partial charge in [-0.05, 0) is 24.1 Å². The second kappa shape index (κ2) is 8.70. The van der Waals surface area contributed by atoms with Gasteiger partial charge >= 0.3 is 0 Å². The summed E-state index contributed by atoms with van der Waals surface area (Å²) >= 11 is 11.8. The molecule has 0 radical (unpaired) electrons. The molecule has 20 heavy (non-hydrogen) atoms. The van der Waals surface area contributed by atoms with E-state index in [2.05, 4.69) is 5.32 Å². The molecule has 1 aromatic carbocycles. The molecule has 3 N–H and O–H groups in total. The molecule has 6 heteroatoms. The second-order valence-electron chi connectivity index (χ2n) is 4.98. The van der Waals surface area contributed by atoms with Gasteiger partial charge in [-0.3, -0.25) is 0 Å². The van der Waals surface area contributed by atoms with E-state index in [1.165, 1.54) is 0 Å². The molecule has 0 aromatic heterocycles. The number of hydrogen-bond acceptors (Lipinski definition) is 4. The molecule has 0 aliphatic rings. The molecule has 2 atom stereocenters. The van der Waals surface area contributed by atoms with Gasteiger partial charge in [0.2, 0.25) is 0 Å². The summed E-state index contributed by atoms with van der Waals surface area (Å²) in [6.07, 6.45) is -0.686. The van der Waals surface area contributed by atoms with Gasteiger partial charge in [-0.15, -0.1) is 0 Å². The number of ether oxygens (including phenoxy) is 1. The van der Waals surface area contributed by atoms with Crippen molar-refractivity contribution in [2.24, 2.45) is 5.92 Å². The van der Waals surface area contributed by atoms with E-state index in [1.807, 2.05) is 13.8 Å². The highest BCUT2D eigenvalue weighted by Crippen LogP contribution is 2.27. The normalized spacial score (nSPS) is 14.3. The maximum absolute atomic E-state index is 9.84. The molecular weight excluding hydrogens is 301 g/mol. The smallest absolute Gasteiger partial charge is 0.138 e. The predicted octanol–water partition coefficient (Wildman–Crippen LogP) is 2.34. The van der Waals surface area contributed by atoms with Crippen LogP contribution < -0.4 is 10.1 Å². The fraction of sp³-hybridized carbons (Fsp3) is 0.571. The van der Waals surface area contributed by atoms with Crippen LogP contribution in [0.2, 0.25) is 10.0 Å². The van der Waals surface area contributed by atoms with Crippen molar-refractivity contribution in [2.75, 3.05) is 19.8 Å². The molecule has 0 fully saturated rings. The number of hydrogen-bond donors (Lipinski definition) is 3. The van der Waals surface area contributed by atoms with Crippen molar-refractivity contribution < 1.29 is 14.9 Å². The molecule has 1 rings (SSSR count). The Kier molecular flexibility index (Phi) is 7.62. The zero-order valence-electron chi connectivity index (χ0n) is 11.6. The first-order valence-corrected chi connectivity index (χ1v) is 7.29. The van der Waals surface area contributed by atoms with Crippen LogP contribution in [0.3, 0.4) is 0 Å². The van der Waals surface area contributed by atoms with Crippen LogP contribution in [0.4, 0.5) is 0 Å². The van der Waals surface area contributed by atoms with E-state index in [-0.39, 0.29) is 19.3 Å². The Hall–Kier alpha value is -0.520. The topological polar surface area (TPSA) is 61.7 Å². The Balaban J connectivity index is 2.37. The molecule has 0 saturated heterocycles. The second-order valence-corrected chi connectivity index (χ2v) is 5.82. The maximum Gasteiger partial charge on any atom is 0.138 e. The van der Waals surface area contributed by atoms with E-state index in [0.717, 1.165) is 0 Å². The number of aliphatic hydroxyl groups excluding tert-OH is 2. The lowest BCUT2D eigenvalue weighted by Crippen LogP contribution is -2.42. The average molecular weight is 322 g/mol. The van der Waals surface area contributed by atoms with Crippen molar-refractivity contribution in [3.8, 4) is 5.75 Å². The highest BCUT2D eigenvalue weighted by atomic mass is 35.5. The standard InChI is InChI=1S/C14H21Cl2NO3/c1-9(2)13(7-18)17-6-11(19)8-20-14-4-3-10(15)5-12(14)16/h3-5,9,11,13,17-19H,6-8H2,1-2H3/t11?,13-/m1/s1. The summed E-state index contributed by atoms with van der Waals surface area (Å²) in [5.74, 6) is 0.775. The van der Waals surface area contributed by atoms with E-state index in [0.29, 0.717) is 28.3 Å². The van der Waals surface area contributed by atoms with Crippen LogP contribution in [-0.2, 0) is 0 Å². The molecule has 0 saturated carbocycles. The molecule has 0 bridgehead atoms. The summed E-state index contributed by atoms with van der Waals surface area (Å²) in [5.41, 5.74) is 0. The SMILES string of the molecule is CC(C)[C@@H](CO)NCC(O)COc1ccc(Cl)cc1Cl. The number of aliphatic hydroxyl groups is 2. The molecule has 1 unspecified atom stereocenters. The lowest BCUT2D eigenvalue weighted by Gasteiger charge is -2.22. The summed E-state index contributed by atoms with van der Waals surface area (Å²) in [6.45, 7) is 4.50. The Labute approximate surface area is 129 Å². The molecule has 4 nitrogen and oxygen atoms in total. The van der Waals surface area contributed by atoms with Crippen molar-refractivity contribution >= 4 is 23.2 Å². The predicted molar refractivity (Wildman–Crippen MR) is 81.7 cm³/mol. The highest BCUT2D eigenvalue weighted by Gasteiger charge is 2.14. The third-order valence-electron chi connectivity index (χ3n) is 2.94. The van der Waals surface area contributed by atoms with Crippen molar-refractivity contribution in [2.45, 2.75) is 26.0 Å². The molecule has 0 aliphatic heterocycles. The zero-order chi connectivity index (χ0) is 15.1.